The zero-order valence-electron chi connectivity index (χ0n) is 10.6. The standard InChI is InChI=1S/C12H7Cl3N2O4S/c13-8-5-4-7(6-10(8)17(18)19)16-22(20,21)11-3-1-2-9(14)12(11)15/h1-6,16H. The zero-order chi connectivity index (χ0) is 16.5. The Hall–Kier alpha value is -1.54. The number of nitrogens with zero attached hydrogens (tertiary/aromatic N) is 1. The predicted octanol–water partition coefficient (Wildman–Crippen LogP) is 4.36. The second-order valence-corrected chi connectivity index (χ2v) is 6.92. The third-order valence-electron chi connectivity index (χ3n) is 2.60. The van der Waals surface area contributed by atoms with Crippen molar-refractivity contribution in [2.75, 3.05) is 4.72 Å². The highest BCUT2D eigenvalue weighted by Gasteiger charge is 2.21. The zero-order valence-corrected chi connectivity index (χ0v) is 13.7. The Kier molecular flexibility index (Phi) is 4.81. The van der Waals surface area contributed by atoms with Crippen molar-refractivity contribution >= 4 is 56.2 Å². The van der Waals surface area contributed by atoms with Gasteiger partial charge in [0.2, 0.25) is 0 Å². The van der Waals surface area contributed by atoms with Gasteiger partial charge in [0.15, 0.2) is 0 Å². The van der Waals surface area contributed by atoms with Crippen LogP contribution in [0.25, 0.3) is 0 Å². The molecule has 2 aromatic carbocycles. The molecule has 0 aliphatic carbocycles. The molecule has 22 heavy (non-hydrogen) atoms. The minimum absolute atomic E-state index is 0.0212. The van der Waals surface area contributed by atoms with Gasteiger partial charge in [0, 0.05) is 6.07 Å². The van der Waals surface area contributed by atoms with Crippen LogP contribution in [0.2, 0.25) is 15.1 Å². The number of nitrogens with one attached hydrogen (secondary N) is 1. The van der Waals surface area contributed by atoms with Gasteiger partial charge in [-0.05, 0) is 24.3 Å². The van der Waals surface area contributed by atoms with E-state index in [1.54, 1.807) is 0 Å². The van der Waals surface area contributed by atoms with Gasteiger partial charge in [-0.15, -0.1) is 0 Å². The number of hydrogen-bond acceptors (Lipinski definition) is 4. The van der Waals surface area contributed by atoms with E-state index in [1.807, 2.05) is 0 Å². The molecule has 2 aromatic rings. The Morgan fingerprint density at radius 3 is 2.36 bits per heavy atom. The largest absolute Gasteiger partial charge is 0.289 e. The fraction of sp³-hybridized carbons (Fsp3) is 0. The maximum Gasteiger partial charge on any atom is 0.289 e. The van der Waals surface area contributed by atoms with Crippen LogP contribution in [0.15, 0.2) is 41.3 Å². The van der Waals surface area contributed by atoms with Crippen molar-refractivity contribution in [3.05, 3.63) is 61.6 Å². The first-order chi connectivity index (χ1) is 10.2. The smallest absolute Gasteiger partial charge is 0.279 e. The normalized spacial score (nSPS) is 11.2. The van der Waals surface area contributed by atoms with Gasteiger partial charge in [0.1, 0.15) is 9.92 Å². The van der Waals surface area contributed by atoms with Crippen LogP contribution in [0.4, 0.5) is 11.4 Å². The molecule has 0 bridgehead atoms. The lowest BCUT2D eigenvalue weighted by molar-refractivity contribution is -0.384. The molecule has 0 saturated carbocycles. The highest BCUT2D eigenvalue weighted by Crippen LogP contribution is 2.32. The number of nitro groups is 1. The van der Waals surface area contributed by atoms with Crippen molar-refractivity contribution in [1.82, 2.24) is 0 Å². The maximum atomic E-state index is 12.3. The summed E-state index contributed by atoms with van der Waals surface area (Å²) in [5.74, 6) is 0. The molecule has 1 N–H and O–H groups in total. The lowest BCUT2D eigenvalue weighted by Gasteiger charge is -2.10. The first kappa shape index (κ1) is 16.8. The third-order valence-corrected chi connectivity index (χ3v) is 5.27. The van der Waals surface area contributed by atoms with Crippen LogP contribution in [-0.2, 0) is 10.0 Å². The van der Waals surface area contributed by atoms with Gasteiger partial charge in [-0.3, -0.25) is 14.8 Å². The van der Waals surface area contributed by atoms with Crippen molar-refractivity contribution in [2.45, 2.75) is 4.90 Å². The highest BCUT2D eigenvalue weighted by atomic mass is 35.5. The lowest BCUT2D eigenvalue weighted by Crippen LogP contribution is -2.13. The van der Waals surface area contributed by atoms with E-state index in [0.717, 1.165) is 6.07 Å². The first-order valence-corrected chi connectivity index (χ1v) is 8.25. The van der Waals surface area contributed by atoms with Gasteiger partial charge >= 0.3 is 0 Å². The number of rotatable bonds is 4. The molecular weight excluding hydrogens is 375 g/mol. The summed E-state index contributed by atoms with van der Waals surface area (Å²) in [6.45, 7) is 0. The minimum Gasteiger partial charge on any atom is -0.279 e. The Balaban J connectivity index is 2.43. The van der Waals surface area contributed by atoms with Gasteiger partial charge < -0.3 is 0 Å². The van der Waals surface area contributed by atoms with Gasteiger partial charge in [-0.1, -0.05) is 40.9 Å². The van der Waals surface area contributed by atoms with Crippen molar-refractivity contribution in [1.29, 1.82) is 0 Å². The summed E-state index contributed by atoms with van der Waals surface area (Å²) >= 11 is 17.3. The summed E-state index contributed by atoms with van der Waals surface area (Å²) in [6.07, 6.45) is 0. The van der Waals surface area contributed by atoms with E-state index in [9.17, 15) is 18.5 Å². The van der Waals surface area contributed by atoms with Crippen LogP contribution >= 0.6 is 34.8 Å². The quantitative estimate of drug-likeness (QED) is 0.629. The van der Waals surface area contributed by atoms with E-state index < -0.39 is 20.6 Å². The van der Waals surface area contributed by atoms with Crippen LogP contribution in [-0.4, -0.2) is 13.3 Å². The SMILES string of the molecule is O=[N+]([O-])c1cc(NS(=O)(=O)c2cccc(Cl)c2Cl)ccc1Cl. The van der Waals surface area contributed by atoms with Crippen LogP contribution in [0.3, 0.4) is 0 Å². The van der Waals surface area contributed by atoms with E-state index in [2.05, 4.69) is 4.72 Å². The van der Waals surface area contributed by atoms with Crippen LogP contribution in [0.1, 0.15) is 0 Å². The minimum atomic E-state index is -4.05. The van der Waals surface area contributed by atoms with Crippen molar-refractivity contribution < 1.29 is 13.3 Å². The molecule has 0 aromatic heterocycles. The second-order valence-electron chi connectivity index (χ2n) is 4.08. The first-order valence-electron chi connectivity index (χ1n) is 5.63. The van der Waals surface area contributed by atoms with Crippen molar-refractivity contribution in [3.63, 3.8) is 0 Å². The molecule has 10 heteroatoms. The van der Waals surface area contributed by atoms with Crippen LogP contribution in [0.5, 0.6) is 0 Å². The maximum absolute atomic E-state index is 12.3. The lowest BCUT2D eigenvalue weighted by atomic mass is 10.3. The third kappa shape index (κ3) is 3.44. The number of halogens is 3. The van der Waals surface area contributed by atoms with Gasteiger partial charge in [-0.25, -0.2) is 8.42 Å². The average molecular weight is 382 g/mol. The molecular formula is C12H7Cl3N2O4S. The van der Waals surface area contributed by atoms with Gasteiger partial charge in [0.05, 0.1) is 20.7 Å². The molecule has 0 saturated heterocycles. The summed E-state index contributed by atoms with van der Waals surface area (Å²) in [6, 6.07) is 7.66. The number of benzene rings is 2. The van der Waals surface area contributed by atoms with E-state index in [0.29, 0.717) is 0 Å². The molecule has 0 unspecified atom stereocenters. The fourth-order valence-electron chi connectivity index (χ4n) is 1.62. The van der Waals surface area contributed by atoms with E-state index in [-0.39, 0.29) is 25.7 Å². The molecule has 0 amide bonds. The van der Waals surface area contributed by atoms with E-state index in [1.165, 1.54) is 30.3 Å². The molecule has 0 radical (unpaired) electrons. The van der Waals surface area contributed by atoms with Crippen molar-refractivity contribution in [3.8, 4) is 0 Å². The highest BCUT2D eigenvalue weighted by molar-refractivity contribution is 7.92. The Morgan fingerprint density at radius 1 is 1.05 bits per heavy atom. The van der Waals surface area contributed by atoms with Crippen LogP contribution < -0.4 is 4.72 Å². The Morgan fingerprint density at radius 2 is 1.73 bits per heavy atom. The summed E-state index contributed by atoms with van der Waals surface area (Å²) in [4.78, 5) is 9.86. The molecule has 0 spiro atoms. The summed E-state index contributed by atoms with van der Waals surface area (Å²) in [5.41, 5.74) is -0.439. The number of nitro benzene ring substituents is 1. The van der Waals surface area contributed by atoms with Crippen molar-refractivity contribution in [2.24, 2.45) is 0 Å². The number of hydrogen-bond donors (Lipinski definition) is 1. The molecule has 0 fully saturated rings. The van der Waals surface area contributed by atoms with E-state index in [4.69, 9.17) is 34.8 Å². The van der Waals surface area contributed by atoms with Crippen LogP contribution in [0, 0.1) is 10.1 Å². The molecule has 0 aliphatic heterocycles. The molecule has 116 valence electrons. The Bertz CT molecular complexity index is 855. The van der Waals surface area contributed by atoms with E-state index >= 15 is 0 Å². The second kappa shape index (κ2) is 6.29. The number of sulfonamides is 1. The molecule has 2 rings (SSSR count). The van der Waals surface area contributed by atoms with Gasteiger partial charge in [0.25, 0.3) is 15.7 Å². The molecule has 0 heterocycles. The predicted molar refractivity (Wildman–Crippen MR) is 85.4 cm³/mol. The summed E-state index contributed by atoms with van der Waals surface area (Å²) < 4.78 is 26.8. The Labute approximate surface area is 140 Å². The fourth-order valence-corrected chi connectivity index (χ4v) is 3.62. The number of anilines is 1. The molecule has 6 nitrogen and oxygen atoms in total. The van der Waals surface area contributed by atoms with Gasteiger partial charge in [-0.2, -0.15) is 0 Å². The monoisotopic (exact) mass is 380 g/mol. The topological polar surface area (TPSA) is 89.3 Å². The molecule has 0 aliphatic rings. The molecule has 0 atom stereocenters. The summed E-state index contributed by atoms with van der Waals surface area (Å²) in [5, 5.41) is 10.6. The average Bonchev–Trinajstić information content (AvgIpc) is 2.43. The summed E-state index contributed by atoms with van der Waals surface area (Å²) in [7, 11) is -4.05.